The van der Waals surface area contributed by atoms with E-state index in [-0.39, 0.29) is 5.91 Å². The van der Waals surface area contributed by atoms with Gasteiger partial charge in [-0.1, -0.05) is 24.3 Å². The molecule has 0 radical (unpaired) electrons. The first-order valence-electron chi connectivity index (χ1n) is 6.19. The first-order chi connectivity index (χ1) is 9.63. The Bertz CT molecular complexity index is 761. The van der Waals surface area contributed by atoms with Crippen LogP contribution < -0.4 is 5.32 Å². The zero-order valence-electron chi connectivity index (χ0n) is 10.8. The predicted molar refractivity (Wildman–Crippen MR) is 93.7 cm³/mol. The zero-order valence-corrected chi connectivity index (χ0v) is 13.8. The molecule has 0 aliphatic carbocycles. The summed E-state index contributed by atoms with van der Waals surface area (Å²) in [5.41, 5.74) is 2.05. The summed E-state index contributed by atoms with van der Waals surface area (Å²) in [6.07, 6.45) is 0. The lowest BCUT2D eigenvalue weighted by Crippen LogP contribution is -2.10. The molecule has 3 rings (SSSR count). The van der Waals surface area contributed by atoms with Crippen LogP contribution in [0.15, 0.2) is 48.5 Å². The first kappa shape index (κ1) is 13.6. The van der Waals surface area contributed by atoms with Crippen molar-refractivity contribution in [1.29, 1.82) is 0 Å². The molecule has 1 amide bonds. The molecule has 4 heteroatoms. The summed E-state index contributed by atoms with van der Waals surface area (Å²) in [6.45, 7) is 2.05. The Kier molecular flexibility index (Phi) is 3.76. The number of rotatable bonds is 2. The number of anilines is 1. The fourth-order valence-electron chi connectivity index (χ4n) is 1.96. The van der Waals surface area contributed by atoms with E-state index in [0.29, 0.717) is 0 Å². The average molecular weight is 393 g/mol. The van der Waals surface area contributed by atoms with E-state index in [1.54, 1.807) is 0 Å². The standard InChI is InChI=1S/C16H12INOS/c1-10-6-7-12(9-13(10)17)18-16(19)15-8-11-4-2-3-5-14(11)20-15/h2-9H,1H3,(H,18,19). The van der Waals surface area contributed by atoms with Gasteiger partial charge < -0.3 is 5.32 Å². The second kappa shape index (κ2) is 5.54. The van der Waals surface area contributed by atoms with Gasteiger partial charge in [-0.3, -0.25) is 4.79 Å². The van der Waals surface area contributed by atoms with Gasteiger partial charge in [0.1, 0.15) is 0 Å². The van der Waals surface area contributed by atoms with Gasteiger partial charge in [0, 0.05) is 14.0 Å². The van der Waals surface area contributed by atoms with Crippen LogP contribution in [-0.4, -0.2) is 5.91 Å². The first-order valence-corrected chi connectivity index (χ1v) is 8.09. The highest BCUT2D eigenvalue weighted by atomic mass is 127. The maximum absolute atomic E-state index is 12.3. The Labute approximate surface area is 135 Å². The number of benzene rings is 2. The van der Waals surface area contributed by atoms with Gasteiger partial charge in [-0.2, -0.15) is 0 Å². The zero-order chi connectivity index (χ0) is 14.1. The van der Waals surface area contributed by atoms with E-state index < -0.39 is 0 Å². The van der Waals surface area contributed by atoms with Crippen LogP contribution in [0.25, 0.3) is 10.1 Å². The van der Waals surface area contributed by atoms with E-state index >= 15 is 0 Å². The molecule has 1 heterocycles. The van der Waals surface area contributed by atoms with E-state index in [0.717, 1.165) is 24.2 Å². The van der Waals surface area contributed by atoms with Gasteiger partial charge in [0.05, 0.1) is 4.88 Å². The van der Waals surface area contributed by atoms with Crippen molar-refractivity contribution in [2.45, 2.75) is 6.92 Å². The number of fused-ring (bicyclic) bond motifs is 1. The molecule has 0 saturated heterocycles. The number of hydrogen-bond donors (Lipinski definition) is 1. The molecule has 0 fully saturated rings. The van der Waals surface area contributed by atoms with Crippen molar-refractivity contribution < 1.29 is 4.79 Å². The summed E-state index contributed by atoms with van der Waals surface area (Å²) < 4.78 is 2.29. The van der Waals surface area contributed by atoms with E-state index in [2.05, 4.69) is 34.8 Å². The largest absolute Gasteiger partial charge is 0.321 e. The summed E-state index contributed by atoms with van der Waals surface area (Å²) in [6, 6.07) is 15.9. The molecule has 0 atom stereocenters. The molecule has 2 aromatic carbocycles. The molecule has 0 saturated carbocycles. The predicted octanol–water partition coefficient (Wildman–Crippen LogP) is 5.07. The van der Waals surface area contributed by atoms with Crippen LogP contribution >= 0.6 is 33.9 Å². The number of halogens is 1. The lowest BCUT2D eigenvalue weighted by molar-refractivity contribution is 0.103. The van der Waals surface area contributed by atoms with Crippen LogP contribution in [-0.2, 0) is 0 Å². The normalized spacial score (nSPS) is 10.7. The summed E-state index contributed by atoms with van der Waals surface area (Å²) in [4.78, 5) is 13.0. The molecule has 100 valence electrons. The molecule has 0 spiro atoms. The lowest BCUT2D eigenvalue weighted by atomic mass is 10.2. The number of carbonyl (C=O) groups excluding carboxylic acids is 1. The molecule has 0 aliphatic rings. The van der Waals surface area contributed by atoms with Crippen LogP contribution in [0.2, 0.25) is 0 Å². The van der Waals surface area contributed by atoms with Gasteiger partial charge >= 0.3 is 0 Å². The van der Waals surface area contributed by atoms with Crippen LogP contribution in [0.1, 0.15) is 15.2 Å². The fraction of sp³-hybridized carbons (Fsp3) is 0.0625. The Balaban J connectivity index is 1.86. The number of carbonyl (C=O) groups is 1. The third-order valence-corrected chi connectivity index (χ3v) is 5.36. The quantitative estimate of drug-likeness (QED) is 0.606. The molecule has 0 unspecified atom stereocenters. The van der Waals surface area contributed by atoms with Crippen molar-refractivity contribution in [3.63, 3.8) is 0 Å². The summed E-state index contributed by atoms with van der Waals surface area (Å²) in [5.74, 6) is -0.0501. The molecular weight excluding hydrogens is 381 g/mol. The second-order valence-corrected chi connectivity index (χ2v) is 6.81. The number of thiophene rings is 1. The van der Waals surface area contributed by atoms with Gasteiger partial charge in [-0.05, 0) is 64.7 Å². The van der Waals surface area contributed by atoms with E-state index in [1.807, 2.05) is 48.5 Å². The molecule has 0 aliphatic heterocycles. The van der Waals surface area contributed by atoms with Gasteiger partial charge in [0.25, 0.3) is 5.91 Å². The second-order valence-electron chi connectivity index (χ2n) is 4.57. The number of hydrogen-bond acceptors (Lipinski definition) is 2. The smallest absolute Gasteiger partial charge is 0.265 e. The topological polar surface area (TPSA) is 29.1 Å². The van der Waals surface area contributed by atoms with Crippen molar-refractivity contribution in [2.75, 3.05) is 5.32 Å². The van der Waals surface area contributed by atoms with Crippen molar-refractivity contribution in [2.24, 2.45) is 0 Å². The molecule has 0 bridgehead atoms. The van der Waals surface area contributed by atoms with Gasteiger partial charge in [-0.25, -0.2) is 0 Å². The minimum absolute atomic E-state index is 0.0501. The van der Waals surface area contributed by atoms with Gasteiger partial charge in [0.15, 0.2) is 0 Å². The van der Waals surface area contributed by atoms with Crippen molar-refractivity contribution >= 4 is 55.6 Å². The lowest BCUT2D eigenvalue weighted by Gasteiger charge is -2.05. The highest BCUT2D eigenvalue weighted by Crippen LogP contribution is 2.26. The van der Waals surface area contributed by atoms with Crippen LogP contribution in [0.3, 0.4) is 0 Å². The summed E-state index contributed by atoms with van der Waals surface area (Å²) >= 11 is 3.79. The third-order valence-electron chi connectivity index (χ3n) is 3.08. The molecule has 20 heavy (non-hydrogen) atoms. The monoisotopic (exact) mass is 393 g/mol. The van der Waals surface area contributed by atoms with E-state index in [1.165, 1.54) is 16.9 Å². The highest BCUT2D eigenvalue weighted by Gasteiger charge is 2.10. The van der Waals surface area contributed by atoms with Crippen molar-refractivity contribution in [3.8, 4) is 0 Å². The minimum atomic E-state index is -0.0501. The fourth-order valence-corrected chi connectivity index (χ4v) is 3.43. The molecule has 2 nitrogen and oxygen atoms in total. The van der Waals surface area contributed by atoms with Gasteiger partial charge in [0.2, 0.25) is 0 Å². The molecule has 1 aromatic heterocycles. The van der Waals surface area contributed by atoms with Gasteiger partial charge in [-0.15, -0.1) is 11.3 Å². The van der Waals surface area contributed by atoms with Crippen molar-refractivity contribution in [1.82, 2.24) is 0 Å². The molecular formula is C16H12INOS. The molecule has 3 aromatic rings. The summed E-state index contributed by atoms with van der Waals surface area (Å²) in [7, 11) is 0. The number of aryl methyl sites for hydroxylation is 1. The Morgan fingerprint density at radius 3 is 2.70 bits per heavy atom. The number of amides is 1. The minimum Gasteiger partial charge on any atom is -0.321 e. The van der Waals surface area contributed by atoms with Crippen LogP contribution in [0.4, 0.5) is 5.69 Å². The van der Waals surface area contributed by atoms with E-state index in [9.17, 15) is 4.79 Å². The highest BCUT2D eigenvalue weighted by molar-refractivity contribution is 14.1. The molecule has 1 N–H and O–H groups in total. The maximum Gasteiger partial charge on any atom is 0.265 e. The van der Waals surface area contributed by atoms with Crippen molar-refractivity contribution in [3.05, 3.63) is 62.5 Å². The SMILES string of the molecule is Cc1ccc(NC(=O)c2cc3ccccc3s2)cc1I. The average Bonchev–Trinajstić information content (AvgIpc) is 2.87. The summed E-state index contributed by atoms with van der Waals surface area (Å²) in [5, 5.41) is 4.07. The van der Waals surface area contributed by atoms with E-state index in [4.69, 9.17) is 0 Å². The maximum atomic E-state index is 12.3. The Hall–Kier alpha value is -1.40. The third kappa shape index (κ3) is 2.71. The Morgan fingerprint density at radius 2 is 1.95 bits per heavy atom. The number of nitrogens with one attached hydrogen (secondary N) is 1. The van der Waals surface area contributed by atoms with Crippen LogP contribution in [0, 0.1) is 10.5 Å². The van der Waals surface area contributed by atoms with Crippen LogP contribution in [0.5, 0.6) is 0 Å². The Morgan fingerprint density at radius 1 is 1.15 bits per heavy atom.